The molecular formula is C14H11ClFNO3. The molecule has 1 aliphatic heterocycles. The van der Waals surface area contributed by atoms with Crippen LogP contribution in [-0.2, 0) is 4.74 Å². The summed E-state index contributed by atoms with van der Waals surface area (Å²) in [5.41, 5.74) is 1.00. The molecule has 0 saturated carbocycles. The summed E-state index contributed by atoms with van der Waals surface area (Å²) in [6.07, 6.45) is 0.785. The topological polar surface area (TPSA) is 59.4 Å². The van der Waals surface area contributed by atoms with Gasteiger partial charge in [-0.15, -0.1) is 0 Å². The zero-order valence-electron chi connectivity index (χ0n) is 10.4. The molecule has 2 heterocycles. The second-order valence-corrected chi connectivity index (χ2v) is 5.15. The van der Waals surface area contributed by atoms with Crippen molar-refractivity contribution in [2.75, 3.05) is 13.2 Å². The first kappa shape index (κ1) is 13.3. The smallest absolute Gasteiger partial charge is 0.336 e. The molecule has 0 spiro atoms. The Morgan fingerprint density at radius 2 is 2.25 bits per heavy atom. The molecule has 1 aromatic carbocycles. The highest BCUT2D eigenvalue weighted by molar-refractivity contribution is 6.31. The van der Waals surface area contributed by atoms with Gasteiger partial charge < -0.3 is 9.84 Å². The van der Waals surface area contributed by atoms with Crippen LogP contribution in [0.3, 0.4) is 0 Å². The molecule has 0 amide bonds. The molecule has 1 aromatic heterocycles. The number of carboxylic acids is 1. The molecule has 2 aromatic rings. The van der Waals surface area contributed by atoms with Crippen molar-refractivity contribution in [2.45, 2.75) is 12.3 Å². The van der Waals surface area contributed by atoms with Gasteiger partial charge >= 0.3 is 5.97 Å². The van der Waals surface area contributed by atoms with Gasteiger partial charge in [0.2, 0.25) is 0 Å². The van der Waals surface area contributed by atoms with Gasteiger partial charge in [-0.25, -0.2) is 9.18 Å². The van der Waals surface area contributed by atoms with Crippen LogP contribution in [-0.4, -0.2) is 29.3 Å². The number of nitrogens with zero attached hydrogens (tertiary/aromatic N) is 1. The van der Waals surface area contributed by atoms with Crippen LogP contribution in [0.2, 0.25) is 5.02 Å². The molecule has 20 heavy (non-hydrogen) atoms. The Kier molecular flexibility index (Phi) is 3.31. The molecule has 6 heteroatoms. The van der Waals surface area contributed by atoms with Crippen molar-refractivity contribution < 1.29 is 19.0 Å². The number of pyridine rings is 1. The van der Waals surface area contributed by atoms with E-state index in [1.165, 1.54) is 18.2 Å². The molecule has 104 valence electrons. The highest BCUT2D eigenvalue weighted by Crippen LogP contribution is 2.30. The number of aromatic carboxylic acids is 1. The molecule has 0 radical (unpaired) electrons. The van der Waals surface area contributed by atoms with Crippen molar-refractivity contribution in [3.63, 3.8) is 0 Å². The first-order valence-electron chi connectivity index (χ1n) is 6.17. The van der Waals surface area contributed by atoms with E-state index >= 15 is 0 Å². The number of carbonyl (C=O) groups is 1. The summed E-state index contributed by atoms with van der Waals surface area (Å²) in [6.45, 7) is 1.13. The zero-order valence-corrected chi connectivity index (χ0v) is 11.2. The number of hydrogen-bond acceptors (Lipinski definition) is 3. The van der Waals surface area contributed by atoms with E-state index in [0.717, 1.165) is 6.42 Å². The van der Waals surface area contributed by atoms with Crippen molar-refractivity contribution in [3.05, 3.63) is 40.3 Å². The Morgan fingerprint density at radius 1 is 1.45 bits per heavy atom. The van der Waals surface area contributed by atoms with Crippen molar-refractivity contribution in [2.24, 2.45) is 0 Å². The fourth-order valence-corrected chi connectivity index (χ4v) is 2.56. The predicted octanol–water partition coefficient (Wildman–Crippen LogP) is 3.23. The second kappa shape index (κ2) is 5.00. The summed E-state index contributed by atoms with van der Waals surface area (Å²) < 4.78 is 18.8. The summed E-state index contributed by atoms with van der Waals surface area (Å²) in [7, 11) is 0. The largest absolute Gasteiger partial charge is 0.478 e. The number of fused-ring (bicyclic) bond motifs is 1. The molecule has 0 aliphatic carbocycles. The van der Waals surface area contributed by atoms with Crippen molar-refractivity contribution in [3.8, 4) is 0 Å². The Balaban J connectivity index is 2.24. The molecule has 1 N–H and O–H groups in total. The number of benzene rings is 1. The monoisotopic (exact) mass is 295 g/mol. The maximum atomic E-state index is 13.5. The molecule has 1 fully saturated rings. The fourth-order valence-electron chi connectivity index (χ4n) is 2.40. The van der Waals surface area contributed by atoms with Gasteiger partial charge in [0.05, 0.1) is 22.7 Å². The van der Waals surface area contributed by atoms with Crippen LogP contribution in [0.4, 0.5) is 4.39 Å². The minimum Gasteiger partial charge on any atom is -0.478 e. The SMILES string of the molecule is O=C(O)c1cc(C2CCOC2)nc2cc(F)c(Cl)cc12. The average Bonchev–Trinajstić information content (AvgIpc) is 2.92. The lowest BCUT2D eigenvalue weighted by atomic mass is 9.99. The van der Waals surface area contributed by atoms with Crippen molar-refractivity contribution in [1.29, 1.82) is 0 Å². The van der Waals surface area contributed by atoms with Crippen molar-refractivity contribution in [1.82, 2.24) is 4.98 Å². The molecule has 4 nitrogen and oxygen atoms in total. The second-order valence-electron chi connectivity index (χ2n) is 4.74. The van der Waals surface area contributed by atoms with Crippen LogP contribution >= 0.6 is 11.6 Å². The van der Waals surface area contributed by atoms with E-state index in [9.17, 15) is 14.3 Å². The summed E-state index contributed by atoms with van der Waals surface area (Å²) in [5, 5.41) is 9.54. The third-order valence-corrected chi connectivity index (χ3v) is 3.74. The van der Waals surface area contributed by atoms with E-state index in [4.69, 9.17) is 16.3 Å². The molecule has 1 saturated heterocycles. The molecule has 1 unspecified atom stereocenters. The van der Waals surface area contributed by atoms with E-state index in [1.807, 2.05) is 0 Å². The van der Waals surface area contributed by atoms with E-state index in [0.29, 0.717) is 29.8 Å². The van der Waals surface area contributed by atoms with Gasteiger partial charge in [0.1, 0.15) is 5.82 Å². The zero-order chi connectivity index (χ0) is 14.3. The first-order chi connectivity index (χ1) is 9.56. The molecule has 1 atom stereocenters. The fraction of sp³-hybridized carbons (Fsp3) is 0.286. The quantitative estimate of drug-likeness (QED) is 0.924. The van der Waals surface area contributed by atoms with Gasteiger partial charge in [0, 0.05) is 29.7 Å². The van der Waals surface area contributed by atoms with Crippen LogP contribution in [0.15, 0.2) is 18.2 Å². The Morgan fingerprint density at radius 3 is 2.90 bits per heavy atom. The van der Waals surface area contributed by atoms with E-state index in [2.05, 4.69) is 4.98 Å². The number of halogens is 2. The normalized spacial score (nSPS) is 18.6. The number of carboxylic acid groups (broad SMARTS) is 1. The van der Waals surface area contributed by atoms with Crippen LogP contribution in [0.1, 0.15) is 28.4 Å². The lowest BCUT2D eigenvalue weighted by Crippen LogP contribution is -2.06. The number of rotatable bonds is 2. The van der Waals surface area contributed by atoms with Crippen molar-refractivity contribution >= 4 is 28.5 Å². The minimum absolute atomic E-state index is 0.0521. The predicted molar refractivity (Wildman–Crippen MR) is 71.8 cm³/mol. The first-order valence-corrected chi connectivity index (χ1v) is 6.55. The third-order valence-electron chi connectivity index (χ3n) is 3.45. The summed E-state index contributed by atoms with van der Waals surface area (Å²) in [5.74, 6) is -1.64. The summed E-state index contributed by atoms with van der Waals surface area (Å²) in [6, 6.07) is 4.00. The average molecular weight is 296 g/mol. The van der Waals surface area contributed by atoms with Crippen LogP contribution < -0.4 is 0 Å². The maximum absolute atomic E-state index is 13.5. The Labute approximate surface area is 119 Å². The lowest BCUT2D eigenvalue weighted by molar-refractivity contribution is 0.0698. The Hall–Kier alpha value is -1.72. The van der Waals surface area contributed by atoms with E-state index in [1.54, 1.807) is 0 Å². The van der Waals surface area contributed by atoms with Gasteiger partial charge in [-0.05, 0) is 18.6 Å². The highest BCUT2D eigenvalue weighted by Gasteiger charge is 2.22. The number of hydrogen-bond donors (Lipinski definition) is 1. The number of ether oxygens (including phenoxy) is 1. The van der Waals surface area contributed by atoms with Crippen LogP contribution in [0, 0.1) is 5.82 Å². The molecule has 1 aliphatic rings. The van der Waals surface area contributed by atoms with Gasteiger partial charge in [0.25, 0.3) is 0 Å². The third kappa shape index (κ3) is 2.23. The molecular weight excluding hydrogens is 285 g/mol. The van der Waals surface area contributed by atoms with Gasteiger partial charge in [-0.3, -0.25) is 4.98 Å². The molecule has 3 rings (SSSR count). The molecule has 0 bridgehead atoms. The van der Waals surface area contributed by atoms with Gasteiger partial charge in [-0.1, -0.05) is 11.6 Å². The Bertz CT molecular complexity index is 698. The highest BCUT2D eigenvalue weighted by atomic mass is 35.5. The van der Waals surface area contributed by atoms with E-state index < -0.39 is 11.8 Å². The lowest BCUT2D eigenvalue weighted by Gasteiger charge is -2.11. The van der Waals surface area contributed by atoms with Crippen LogP contribution in [0.5, 0.6) is 0 Å². The minimum atomic E-state index is -1.08. The standard InChI is InChI=1S/C14H11ClFNO3/c15-10-3-8-9(14(18)19)4-12(7-1-2-20-6-7)17-13(8)5-11(10)16/h3-5,7H,1-2,6H2,(H,18,19). The van der Waals surface area contributed by atoms with Gasteiger partial charge in [-0.2, -0.15) is 0 Å². The van der Waals surface area contributed by atoms with E-state index in [-0.39, 0.29) is 16.5 Å². The van der Waals surface area contributed by atoms with Gasteiger partial charge in [0.15, 0.2) is 0 Å². The summed E-state index contributed by atoms with van der Waals surface area (Å²) >= 11 is 5.72. The summed E-state index contributed by atoms with van der Waals surface area (Å²) in [4.78, 5) is 15.7. The van der Waals surface area contributed by atoms with Crippen LogP contribution in [0.25, 0.3) is 10.9 Å². The number of aromatic nitrogens is 1. The maximum Gasteiger partial charge on any atom is 0.336 e.